The molecule has 0 saturated heterocycles. The van der Waals surface area contributed by atoms with Crippen molar-refractivity contribution >= 4 is 20.1 Å². The second-order valence-electron chi connectivity index (χ2n) is 5.58. The zero-order valence-electron chi connectivity index (χ0n) is 14.2. The lowest BCUT2D eigenvalue weighted by Gasteiger charge is -2.34. The molecule has 0 unspecified atom stereocenters. The lowest BCUT2D eigenvalue weighted by Crippen LogP contribution is -2.65. The quantitative estimate of drug-likeness (QED) is 0.260. The molecule has 0 aromatic rings. The number of hydrogen-bond donors (Lipinski definition) is 0. The summed E-state index contributed by atoms with van der Waals surface area (Å²) < 4.78 is 163. The van der Waals surface area contributed by atoms with Crippen molar-refractivity contribution in [3.05, 3.63) is 0 Å². The van der Waals surface area contributed by atoms with Crippen molar-refractivity contribution in [3.63, 3.8) is 0 Å². The van der Waals surface area contributed by atoms with Crippen LogP contribution in [0.1, 0.15) is 19.3 Å². The van der Waals surface area contributed by atoms with E-state index >= 15 is 0 Å². The van der Waals surface area contributed by atoms with Gasteiger partial charge in [-0.15, -0.1) is 0 Å². The van der Waals surface area contributed by atoms with Crippen LogP contribution < -0.4 is 0 Å². The fourth-order valence-corrected chi connectivity index (χ4v) is 3.30. The van der Waals surface area contributed by atoms with Crippen molar-refractivity contribution in [1.29, 1.82) is 0 Å². The Kier molecular flexibility index (Phi) is 8.26. The molecule has 0 atom stereocenters. The van der Waals surface area contributed by atoms with Crippen LogP contribution in [0.25, 0.3) is 0 Å². The number of sulfonamides is 1. The molecule has 0 radical (unpaired) electrons. The second kappa shape index (κ2) is 8.51. The van der Waals surface area contributed by atoms with Crippen LogP contribution >= 0.6 is 0 Å². The molecule has 0 N–H and O–H groups in total. The maximum atomic E-state index is 13.6. The van der Waals surface area contributed by atoms with Crippen LogP contribution in [0.5, 0.6) is 0 Å². The number of alkyl halides is 9. The number of rotatable bonds is 11. The van der Waals surface area contributed by atoms with E-state index in [0.717, 1.165) is 6.26 Å². The van der Waals surface area contributed by atoms with Crippen molar-refractivity contribution in [2.24, 2.45) is 0 Å². The van der Waals surface area contributed by atoms with Gasteiger partial charge in [-0.2, -0.15) is 52.2 Å². The van der Waals surface area contributed by atoms with Crippen molar-refractivity contribution in [3.8, 4) is 0 Å². The minimum Gasteiger partial charge on any atom is -0.270 e. The third kappa shape index (κ3) is 5.63. The molecule has 0 saturated carbocycles. The molecular formula is C11H16F9NO5S2. The highest BCUT2D eigenvalue weighted by Crippen LogP contribution is 2.55. The number of nitrogens with zero attached hydrogens (tertiary/aromatic N) is 1. The lowest BCUT2D eigenvalue weighted by molar-refractivity contribution is -0.382. The minimum atomic E-state index is -7.32. The van der Waals surface area contributed by atoms with Crippen molar-refractivity contribution in [1.82, 2.24) is 4.31 Å². The van der Waals surface area contributed by atoms with Gasteiger partial charge in [0.15, 0.2) is 0 Å². The SMILES string of the molecule is CN(CCCCCOS(C)(=O)=O)S(=O)(=O)C(F)(F)C(F)(F)C(F)(F)C(F)(F)F. The molecule has 0 aromatic carbocycles. The van der Waals surface area contributed by atoms with Gasteiger partial charge in [-0.3, -0.25) is 4.18 Å². The molecule has 0 bridgehead atoms. The first kappa shape index (κ1) is 27.2. The Hall–Kier alpha value is -0.810. The van der Waals surface area contributed by atoms with Crippen LogP contribution in [0.15, 0.2) is 0 Å². The molecule has 28 heavy (non-hydrogen) atoms. The van der Waals surface area contributed by atoms with Gasteiger partial charge in [0.2, 0.25) is 0 Å². The van der Waals surface area contributed by atoms with E-state index in [4.69, 9.17) is 0 Å². The molecule has 0 aliphatic rings. The van der Waals surface area contributed by atoms with E-state index < -0.39 is 54.3 Å². The van der Waals surface area contributed by atoms with Gasteiger partial charge in [0.25, 0.3) is 20.1 Å². The second-order valence-corrected chi connectivity index (χ2v) is 9.31. The third-order valence-corrected chi connectivity index (χ3v) is 5.77. The average Bonchev–Trinajstić information content (AvgIpc) is 2.47. The van der Waals surface area contributed by atoms with E-state index in [2.05, 4.69) is 4.18 Å². The molecule has 0 aliphatic carbocycles. The van der Waals surface area contributed by atoms with Gasteiger partial charge in [-0.1, -0.05) is 0 Å². The molecule has 0 aliphatic heterocycles. The fourth-order valence-electron chi connectivity index (χ4n) is 1.66. The molecule has 0 aromatic heterocycles. The highest BCUT2D eigenvalue weighted by molar-refractivity contribution is 7.90. The van der Waals surface area contributed by atoms with Crippen LogP contribution in [0.4, 0.5) is 39.5 Å². The summed E-state index contributed by atoms with van der Waals surface area (Å²) in [6.07, 6.45) is -6.82. The molecule has 0 amide bonds. The molecule has 0 heterocycles. The van der Waals surface area contributed by atoms with Gasteiger partial charge in [0, 0.05) is 13.6 Å². The van der Waals surface area contributed by atoms with E-state index in [9.17, 15) is 56.3 Å². The molecular weight excluding hydrogens is 461 g/mol. The molecule has 6 nitrogen and oxygen atoms in total. The third-order valence-electron chi connectivity index (χ3n) is 3.26. The number of hydrogen-bond acceptors (Lipinski definition) is 5. The van der Waals surface area contributed by atoms with E-state index in [1.165, 1.54) is 0 Å². The van der Waals surface area contributed by atoms with Crippen LogP contribution in [0.3, 0.4) is 0 Å². The Morgan fingerprint density at radius 3 is 1.64 bits per heavy atom. The highest BCUT2D eigenvalue weighted by atomic mass is 32.2. The van der Waals surface area contributed by atoms with E-state index in [0.29, 0.717) is 0 Å². The van der Waals surface area contributed by atoms with E-state index in [1.807, 2.05) is 0 Å². The van der Waals surface area contributed by atoms with E-state index in [1.54, 1.807) is 0 Å². The predicted molar refractivity (Wildman–Crippen MR) is 77.1 cm³/mol. The number of halogens is 9. The Morgan fingerprint density at radius 2 is 1.25 bits per heavy atom. The molecule has 17 heteroatoms. The fraction of sp³-hybridized carbons (Fsp3) is 1.00. The maximum absolute atomic E-state index is 13.6. The van der Waals surface area contributed by atoms with Crippen molar-refractivity contribution in [2.75, 3.05) is 26.5 Å². The Bertz CT molecular complexity index is 734. The smallest absolute Gasteiger partial charge is 0.270 e. The summed E-state index contributed by atoms with van der Waals surface area (Å²) in [7, 11) is -10.1. The highest BCUT2D eigenvalue weighted by Gasteiger charge is 2.85. The molecule has 170 valence electrons. The van der Waals surface area contributed by atoms with Gasteiger partial charge in [0.1, 0.15) is 0 Å². The summed E-state index contributed by atoms with van der Waals surface area (Å²) in [6.45, 7) is -1.30. The Labute approximate surface area is 154 Å². The normalized spacial score (nSPS) is 15.3. The minimum absolute atomic E-state index is 0.0281. The summed E-state index contributed by atoms with van der Waals surface area (Å²) in [4.78, 5) is 0. The van der Waals surface area contributed by atoms with Gasteiger partial charge in [-0.25, -0.2) is 8.42 Å². The van der Waals surface area contributed by atoms with Gasteiger partial charge >= 0.3 is 23.3 Å². The average molecular weight is 477 g/mol. The maximum Gasteiger partial charge on any atom is 0.460 e. The van der Waals surface area contributed by atoms with E-state index in [-0.39, 0.29) is 32.9 Å². The molecule has 0 rings (SSSR count). The van der Waals surface area contributed by atoms with Crippen molar-refractivity contribution < 1.29 is 60.5 Å². The summed E-state index contributed by atoms with van der Waals surface area (Å²) >= 11 is 0. The molecule has 0 fully saturated rings. The van der Waals surface area contributed by atoms with Gasteiger partial charge in [0.05, 0.1) is 12.9 Å². The zero-order valence-corrected chi connectivity index (χ0v) is 15.9. The summed E-state index contributed by atoms with van der Waals surface area (Å²) in [6, 6.07) is 0. The molecule has 0 spiro atoms. The van der Waals surface area contributed by atoms with Gasteiger partial charge in [-0.05, 0) is 19.3 Å². The Morgan fingerprint density at radius 1 is 0.786 bits per heavy atom. The number of unbranched alkanes of at least 4 members (excludes halogenated alkanes) is 2. The van der Waals surface area contributed by atoms with Crippen LogP contribution in [0, 0.1) is 0 Å². The van der Waals surface area contributed by atoms with Crippen molar-refractivity contribution in [2.45, 2.75) is 42.5 Å². The first-order valence-corrected chi connectivity index (χ1v) is 10.4. The first-order chi connectivity index (χ1) is 12.1. The summed E-state index contributed by atoms with van der Waals surface area (Å²) in [5, 5.41) is -6.77. The predicted octanol–water partition coefficient (Wildman–Crippen LogP) is 2.82. The van der Waals surface area contributed by atoms with Crippen LogP contribution in [-0.4, -0.2) is 70.9 Å². The zero-order chi connectivity index (χ0) is 22.8. The van der Waals surface area contributed by atoms with Crippen LogP contribution in [-0.2, 0) is 24.3 Å². The lowest BCUT2D eigenvalue weighted by atomic mass is 10.1. The summed E-state index contributed by atoms with van der Waals surface area (Å²) in [5.74, 6) is -14.6. The standard InChI is InChI=1S/C11H16F9NO5S2/c1-21(6-4-3-5-7-26-27(2,22)23)28(24,25)11(19,20)9(14,15)8(12,13)10(16,17)18/h3-7H2,1-2H3. The first-order valence-electron chi connectivity index (χ1n) is 7.13. The Balaban J connectivity index is 5.20. The largest absolute Gasteiger partial charge is 0.460 e. The summed E-state index contributed by atoms with van der Waals surface area (Å²) in [5.41, 5.74) is 0. The monoisotopic (exact) mass is 477 g/mol. The van der Waals surface area contributed by atoms with Gasteiger partial charge < -0.3 is 0 Å². The van der Waals surface area contributed by atoms with Crippen LogP contribution in [0.2, 0.25) is 0 Å². The topological polar surface area (TPSA) is 80.8 Å².